The number of nitrogens with one attached hydrogen (secondary N) is 1. The molecule has 0 aliphatic carbocycles. The number of nitrogens with zero attached hydrogens (tertiary/aromatic N) is 6. The lowest BCUT2D eigenvalue weighted by molar-refractivity contribution is 0.174. The van der Waals surface area contributed by atoms with Gasteiger partial charge in [-0.25, -0.2) is 23.4 Å². The summed E-state index contributed by atoms with van der Waals surface area (Å²) in [6.07, 6.45) is 8.32. The van der Waals surface area contributed by atoms with Crippen molar-refractivity contribution in [3.8, 4) is 0 Å². The molecule has 196 valence electrons. The van der Waals surface area contributed by atoms with Crippen LogP contribution >= 0.6 is 11.6 Å². The molecule has 38 heavy (non-hydrogen) atoms. The number of piperidine rings is 1. The van der Waals surface area contributed by atoms with Crippen LogP contribution in [0.1, 0.15) is 12.8 Å². The van der Waals surface area contributed by atoms with Crippen LogP contribution in [-0.4, -0.2) is 72.0 Å². The molecule has 0 atom stereocenters. The van der Waals surface area contributed by atoms with Crippen molar-refractivity contribution in [2.45, 2.75) is 28.7 Å². The maximum Gasteiger partial charge on any atom is 0.206 e. The number of pyridine rings is 2. The third-order valence-corrected chi connectivity index (χ3v) is 9.35. The predicted octanol–water partition coefficient (Wildman–Crippen LogP) is 3.92. The maximum atomic E-state index is 12.8. The second kappa shape index (κ2) is 10.4. The number of hydrogen-bond acceptors (Lipinski definition) is 9. The summed E-state index contributed by atoms with van der Waals surface area (Å²) in [5.41, 5.74) is 1.84. The lowest BCUT2D eigenvalue weighted by Crippen LogP contribution is -2.53. The lowest BCUT2D eigenvalue weighted by Gasteiger charge is -2.44. The monoisotopic (exact) mass is 549 g/mol. The molecule has 9 nitrogen and oxygen atoms in total. The Hall–Kier alpha value is -3.34. The average molecular weight is 550 g/mol. The summed E-state index contributed by atoms with van der Waals surface area (Å²) in [5, 5.41) is 4.92. The molecule has 2 aliphatic rings. The summed E-state index contributed by atoms with van der Waals surface area (Å²) in [7, 11) is -3.52. The first-order valence-corrected chi connectivity index (χ1v) is 14.6. The molecular formula is C27H28ClN7O2S. The Bertz CT molecular complexity index is 1520. The van der Waals surface area contributed by atoms with Crippen LogP contribution in [0.3, 0.4) is 0 Å². The van der Waals surface area contributed by atoms with E-state index in [9.17, 15) is 8.42 Å². The van der Waals surface area contributed by atoms with Crippen LogP contribution in [0.25, 0.3) is 10.9 Å². The number of anilines is 2. The van der Waals surface area contributed by atoms with E-state index in [1.807, 2.05) is 18.2 Å². The Morgan fingerprint density at radius 2 is 1.66 bits per heavy atom. The number of likely N-dealkylation sites (tertiary alicyclic amines) is 1. The van der Waals surface area contributed by atoms with Gasteiger partial charge in [-0.3, -0.25) is 4.98 Å². The number of aromatic nitrogens is 4. The van der Waals surface area contributed by atoms with Gasteiger partial charge in [-0.05, 0) is 55.3 Å². The first kappa shape index (κ1) is 25.0. The van der Waals surface area contributed by atoms with E-state index in [1.165, 1.54) is 24.5 Å². The molecule has 2 saturated heterocycles. The molecule has 1 N–H and O–H groups in total. The van der Waals surface area contributed by atoms with E-state index in [0.717, 1.165) is 68.0 Å². The number of halogens is 1. The molecule has 0 unspecified atom stereocenters. The van der Waals surface area contributed by atoms with E-state index in [0.29, 0.717) is 22.0 Å². The van der Waals surface area contributed by atoms with Gasteiger partial charge in [-0.15, -0.1) is 0 Å². The van der Waals surface area contributed by atoms with E-state index >= 15 is 0 Å². The highest BCUT2D eigenvalue weighted by molar-refractivity contribution is 7.91. The number of rotatable bonds is 7. The van der Waals surface area contributed by atoms with Crippen molar-refractivity contribution in [2.75, 3.05) is 42.9 Å². The normalized spacial score (nSPS) is 17.4. The van der Waals surface area contributed by atoms with Gasteiger partial charge in [0, 0.05) is 68.2 Å². The van der Waals surface area contributed by atoms with Crippen LogP contribution in [0.2, 0.25) is 5.15 Å². The lowest BCUT2D eigenvalue weighted by atomic mass is 9.96. The zero-order valence-corrected chi connectivity index (χ0v) is 22.3. The van der Waals surface area contributed by atoms with E-state index in [1.54, 1.807) is 24.7 Å². The van der Waals surface area contributed by atoms with E-state index in [4.69, 9.17) is 11.6 Å². The minimum absolute atomic E-state index is 0.260. The van der Waals surface area contributed by atoms with Gasteiger partial charge in [-0.2, -0.15) is 0 Å². The summed E-state index contributed by atoms with van der Waals surface area (Å²) in [4.78, 5) is 22.1. The molecule has 1 aromatic carbocycles. The standard InChI is InChI=1S/C27H28ClN7O2S/c28-26-13-24-25(14-30-26)31-18-32-27(24)33-20-7-11-34(12-8-20)15-19-16-35(17-19)21-1-3-22(4-2-21)38(36,37)23-5-9-29-10-6-23/h1-6,9-10,13-14,18-20H,7-8,11-12,15-17H2,(H,31,32,33). The first-order valence-electron chi connectivity index (χ1n) is 12.7. The Balaban J connectivity index is 0.983. The van der Waals surface area contributed by atoms with Crippen molar-refractivity contribution in [1.29, 1.82) is 0 Å². The Morgan fingerprint density at radius 1 is 0.947 bits per heavy atom. The van der Waals surface area contributed by atoms with Gasteiger partial charge < -0.3 is 15.1 Å². The molecule has 5 heterocycles. The van der Waals surface area contributed by atoms with Crippen LogP contribution in [0.5, 0.6) is 0 Å². The number of hydrogen-bond donors (Lipinski definition) is 1. The van der Waals surface area contributed by atoms with Gasteiger partial charge in [0.15, 0.2) is 0 Å². The van der Waals surface area contributed by atoms with E-state index < -0.39 is 9.84 Å². The van der Waals surface area contributed by atoms with Crippen LogP contribution in [0, 0.1) is 5.92 Å². The molecule has 2 fully saturated rings. The van der Waals surface area contributed by atoms with Crippen molar-refractivity contribution in [2.24, 2.45) is 5.92 Å². The summed E-state index contributed by atoms with van der Waals surface area (Å²) < 4.78 is 25.6. The fourth-order valence-corrected chi connectivity index (χ4v) is 6.66. The molecule has 0 bridgehead atoms. The zero-order chi connectivity index (χ0) is 26.1. The van der Waals surface area contributed by atoms with Crippen molar-refractivity contribution in [1.82, 2.24) is 24.8 Å². The topological polar surface area (TPSA) is 104 Å². The van der Waals surface area contributed by atoms with Gasteiger partial charge in [-0.1, -0.05) is 11.6 Å². The highest BCUT2D eigenvalue weighted by atomic mass is 35.5. The Labute approximate surface area is 226 Å². The molecule has 2 aliphatic heterocycles. The molecule has 4 aromatic rings. The second-order valence-electron chi connectivity index (χ2n) is 9.92. The fraction of sp³-hybridized carbons (Fsp3) is 0.333. The molecule has 0 saturated carbocycles. The fourth-order valence-electron chi connectivity index (χ4n) is 5.25. The molecule has 3 aromatic heterocycles. The van der Waals surface area contributed by atoms with Gasteiger partial charge in [0.05, 0.1) is 21.5 Å². The first-order chi connectivity index (χ1) is 18.5. The van der Waals surface area contributed by atoms with E-state index in [-0.39, 0.29) is 4.90 Å². The van der Waals surface area contributed by atoms with E-state index in [2.05, 4.69) is 35.1 Å². The SMILES string of the molecule is O=S(=O)(c1ccncc1)c1ccc(N2CC(CN3CCC(Nc4ncnc5cnc(Cl)cc45)CC3)C2)cc1. The molecular weight excluding hydrogens is 522 g/mol. The minimum Gasteiger partial charge on any atom is -0.371 e. The Morgan fingerprint density at radius 3 is 2.39 bits per heavy atom. The molecule has 0 radical (unpaired) electrons. The van der Waals surface area contributed by atoms with Crippen molar-refractivity contribution in [3.63, 3.8) is 0 Å². The predicted molar refractivity (Wildman–Crippen MR) is 147 cm³/mol. The summed E-state index contributed by atoms with van der Waals surface area (Å²) in [6, 6.07) is 12.4. The number of sulfone groups is 1. The molecule has 0 amide bonds. The van der Waals surface area contributed by atoms with Gasteiger partial charge in [0.25, 0.3) is 0 Å². The molecule has 0 spiro atoms. The quantitative estimate of drug-likeness (QED) is 0.343. The van der Waals surface area contributed by atoms with Crippen LogP contribution < -0.4 is 10.2 Å². The summed E-state index contributed by atoms with van der Waals surface area (Å²) >= 11 is 6.09. The van der Waals surface area contributed by atoms with Gasteiger partial charge >= 0.3 is 0 Å². The summed E-state index contributed by atoms with van der Waals surface area (Å²) in [6.45, 7) is 5.13. The highest BCUT2D eigenvalue weighted by Gasteiger charge is 2.30. The third kappa shape index (κ3) is 5.16. The average Bonchev–Trinajstić information content (AvgIpc) is 2.92. The van der Waals surface area contributed by atoms with Crippen LogP contribution in [0.4, 0.5) is 11.5 Å². The smallest absolute Gasteiger partial charge is 0.206 e. The third-order valence-electron chi connectivity index (χ3n) is 7.36. The molecule has 6 rings (SSSR count). The van der Waals surface area contributed by atoms with Crippen molar-refractivity contribution < 1.29 is 8.42 Å². The van der Waals surface area contributed by atoms with Crippen molar-refractivity contribution in [3.05, 3.63) is 72.5 Å². The highest BCUT2D eigenvalue weighted by Crippen LogP contribution is 2.29. The van der Waals surface area contributed by atoms with Crippen LogP contribution in [0.15, 0.2) is 77.2 Å². The van der Waals surface area contributed by atoms with Gasteiger partial charge in [0.2, 0.25) is 9.84 Å². The Kier molecular flexibility index (Phi) is 6.86. The summed E-state index contributed by atoms with van der Waals surface area (Å²) in [5.74, 6) is 1.42. The van der Waals surface area contributed by atoms with Gasteiger partial charge in [0.1, 0.15) is 17.3 Å². The van der Waals surface area contributed by atoms with Crippen LogP contribution in [-0.2, 0) is 9.84 Å². The molecule has 11 heteroatoms. The largest absolute Gasteiger partial charge is 0.371 e. The minimum atomic E-state index is -3.52. The number of fused-ring (bicyclic) bond motifs is 1. The van der Waals surface area contributed by atoms with Crippen molar-refractivity contribution >= 4 is 43.8 Å². The zero-order valence-electron chi connectivity index (χ0n) is 20.7. The second-order valence-corrected chi connectivity index (χ2v) is 12.3. The number of benzene rings is 1. The maximum absolute atomic E-state index is 12.8.